The molecule has 0 aromatic carbocycles. The average molecular weight is 319 g/mol. The fourth-order valence-electron chi connectivity index (χ4n) is 7.90. The van der Waals surface area contributed by atoms with Gasteiger partial charge in [-0.3, -0.25) is 4.79 Å². The molecule has 0 aromatic heterocycles. The van der Waals surface area contributed by atoms with Crippen molar-refractivity contribution in [2.45, 2.75) is 84.7 Å². The van der Waals surface area contributed by atoms with Gasteiger partial charge in [-0.05, 0) is 99.2 Å². The predicted octanol–water partition coefficient (Wildman–Crippen LogP) is 4.60. The summed E-state index contributed by atoms with van der Waals surface area (Å²) in [5.41, 5.74) is 0.738. The Hall–Kier alpha value is -0.370. The molecular weight excluding hydrogens is 284 g/mol. The summed E-state index contributed by atoms with van der Waals surface area (Å²) in [6, 6.07) is 0. The van der Waals surface area contributed by atoms with E-state index in [9.17, 15) is 9.90 Å². The zero-order chi connectivity index (χ0) is 16.4. The summed E-state index contributed by atoms with van der Waals surface area (Å²) in [6.07, 6.45) is 10.9. The summed E-state index contributed by atoms with van der Waals surface area (Å²) < 4.78 is 0. The van der Waals surface area contributed by atoms with E-state index in [1.807, 2.05) is 6.92 Å². The van der Waals surface area contributed by atoms with Crippen molar-refractivity contribution in [3.63, 3.8) is 0 Å². The number of ketones is 1. The highest BCUT2D eigenvalue weighted by Crippen LogP contribution is 2.67. The highest BCUT2D eigenvalue weighted by atomic mass is 16.3. The normalized spacial score (nSPS) is 55.7. The predicted molar refractivity (Wildman–Crippen MR) is 91.9 cm³/mol. The SMILES string of the molecule is CC(=O)[C@H]1CC[C@H]2[C@@H]3CC[C@H]4C[C@H](O)CCC4(C)[C@H]3CCC12C. The van der Waals surface area contributed by atoms with Crippen LogP contribution >= 0.6 is 0 Å². The lowest BCUT2D eigenvalue weighted by Crippen LogP contribution is -2.54. The van der Waals surface area contributed by atoms with Crippen LogP contribution in [0.3, 0.4) is 0 Å². The average Bonchev–Trinajstić information content (AvgIpc) is 2.85. The summed E-state index contributed by atoms with van der Waals surface area (Å²) >= 11 is 0. The second-order valence-corrected chi connectivity index (χ2v) is 9.87. The fraction of sp³-hybridized carbons (Fsp3) is 0.952. The van der Waals surface area contributed by atoms with Crippen LogP contribution in [-0.4, -0.2) is 17.0 Å². The number of aliphatic hydroxyl groups is 1. The van der Waals surface area contributed by atoms with Crippen LogP contribution in [0.25, 0.3) is 0 Å². The van der Waals surface area contributed by atoms with Gasteiger partial charge in [0.15, 0.2) is 0 Å². The largest absolute Gasteiger partial charge is 0.393 e. The van der Waals surface area contributed by atoms with Crippen molar-refractivity contribution in [2.75, 3.05) is 0 Å². The first-order chi connectivity index (χ1) is 10.9. The first kappa shape index (κ1) is 16.1. The second-order valence-electron chi connectivity index (χ2n) is 9.87. The zero-order valence-corrected chi connectivity index (χ0v) is 15.2. The molecule has 2 nitrogen and oxygen atoms in total. The number of carbonyl (C=O) groups excluding carboxylic acids is 1. The van der Waals surface area contributed by atoms with Crippen molar-refractivity contribution in [3.8, 4) is 0 Å². The molecule has 4 aliphatic rings. The smallest absolute Gasteiger partial charge is 0.133 e. The molecule has 130 valence electrons. The standard InChI is InChI=1S/C21H34O2/c1-13(22)17-6-7-18-16-5-4-14-12-15(23)8-10-20(14,2)19(16)9-11-21(17,18)3/h14-19,23H,4-12H2,1-3H3/t14-,15+,16-,17+,18-,19-,20?,21?/m0/s1. The van der Waals surface area contributed by atoms with E-state index < -0.39 is 0 Å². The van der Waals surface area contributed by atoms with Crippen molar-refractivity contribution in [3.05, 3.63) is 0 Å². The summed E-state index contributed by atoms with van der Waals surface area (Å²) in [5.74, 6) is 3.97. The van der Waals surface area contributed by atoms with Gasteiger partial charge in [-0.2, -0.15) is 0 Å². The molecule has 23 heavy (non-hydrogen) atoms. The van der Waals surface area contributed by atoms with Crippen LogP contribution in [0.4, 0.5) is 0 Å². The number of carbonyl (C=O) groups is 1. The van der Waals surface area contributed by atoms with Gasteiger partial charge in [0, 0.05) is 5.92 Å². The highest BCUT2D eigenvalue weighted by Gasteiger charge is 2.60. The maximum Gasteiger partial charge on any atom is 0.133 e. The Bertz CT molecular complexity index is 500. The summed E-state index contributed by atoms with van der Waals surface area (Å²) in [4.78, 5) is 12.2. The van der Waals surface area contributed by atoms with Gasteiger partial charge in [-0.15, -0.1) is 0 Å². The van der Waals surface area contributed by atoms with Gasteiger partial charge in [0.1, 0.15) is 5.78 Å². The monoisotopic (exact) mass is 318 g/mol. The van der Waals surface area contributed by atoms with Crippen LogP contribution in [-0.2, 0) is 4.79 Å². The van der Waals surface area contributed by atoms with E-state index >= 15 is 0 Å². The molecular formula is C21H34O2. The van der Waals surface area contributed by atoms with Crippen LogP contribution in [0.15, 0.2) is 0 Å². The van der Waals surface area contributed by atoms with Gasteiger partial charge in [0.05, 0.1) is 6.10 Å². The molecule has 0 spiro atoms. The maximum atomic E-state index is 12.2. The third-order valence-corrected chi connectivity index (χ3v) is 9.13. The fourth-order valence-corrected chi connectivity index (χ4v) is 7.90. The van der Waals surface area contributed by atoms with Crippen LogP contribution in [0.2, 0.25) is 0 Å². The lowest BCUT2D eigenvalue weighted by atomic mass is 9.44. The Kier molecular flexibility index (Phi) is 3.72. The molecule has 0 aliphatic heterocycles. The molecule has 4 rings (SSSR count). The minimum Gasteiger partial charge on any atom is -0.393 e. The molecule has 4 fully saturated rings. The van der Waals surface area contributed by atoms with Gasteiger partial charge in [-0.1, -0.05) is 13.8 Å². The third kappa shape index (κ3) is 2.19. The van der Waals surface area contributed by atoms with Crippen molar-refractivity contribution >= 4 is 5.78 Å². The molecule has 2 unspecified atom stereocenters. The van der Waals surface area contributed by atoms with E-state index in [1.54, 1.807) is 0 Å². The van der Waals surface area contributed by atoms with Crippen LogP contribution in [0.5, 0.6) is 0 Å². The topological polar surface area (TPSA) is 37.3 Å². The Labute approximate surface area is 141 Å². The lowest BCUT2D eigenvalue weighted by Gasteiger charge is -2.60. The number of fused-ring (bicyclic) bond motifs is 5. The van der Waals surface area contributed by atoms with Gasteiger partial charge < -0.3 is 5.11 Å². The molecule has 0 heterocycles. The van der Waals surface area contributed by atoms with Gasteiger partial charge in [-0.25, -0.2) is 0 Å². The van der Waals surface area contributed by atoms with E-state index in [0.717, 1.165) is 42.9 Å². The Morgan fingerprint density at radius 3 is 2.35 bits per heavy atom. The number of Topliss-reactive ketones (excluding diaryl/α,β-unsaturated/α-hetero) is 1. The molecule has 4 saturated carbocycles. The Morgan fingerprint density at radius 2 is 1.61 bits per heavy atom. The van der Waals surface area contributed by atoms with E-state index in [-0.39, 0.29) is 11.5 Å². The van der Waals surface area contributed by atoms with Crippen molar-refractivity contribution in [1.29, 1.82) is 0 Å². The quantitative estimate of drug-likeness (QED) is 0.767. The Balaban J connectivity index is 1.61. The third-order valence-electron chi connectivity index (χ3n) is 9.13. The molecule has 2 heteroatoms. The number of hydrogen-bond acceptors (Lipinski definition) is 2. The Morgan fingerprint density at radius 1 is 0.913 bits per heavy atom. The van der Waals surface area contributed by atoms with Gasteiger partial charge >= 0.3 is 0 Å². The molecule has 8 atom stereocenters. The molecule has 0 radical (unpaired) electrons. The minimum absolute atomic E-state index is 0.0490. The summed E-state index contributed by atoms with van der Waals surface area (Å²) in [5, 5.41) is 10.1. The van der Waals surface area contributed by atoms with Crippen LogP contribution in [0, 0.1) is 40.4 Å². The van der Waals surface area contributed by atoms with E-state index in [2.05, 4.69) is 13.8 Å². The number of aliphatic hydroxyl groups excluding tert-OH is 1. The lowest BCUT2D eigenvalue weighted by molar-refractivity contribution is -0.138. The van der Waals surface area contributed by atoms with Crippen molar-refractivity contribution in [1.82, 2.24) is 0 Å². The molecule has 0 amide bonds. The van der Waals surface area contributed by atoms with Crippen molar-refractivity contribution < 1.29 is 9.90 Å². The highest BCUT2D eigenvalue weighted by molar-refractivity contribution is 5.79. The first-order valence-corrected chi connectivity index (χ1v) is 10.0. The minimum atomic E-state index is -0.0490. The summed E-state index contributed by atoms with van der Waals surface area (Å²) in [7, 11) is 0. The van der Waals surface area contributed by atoms with E-state index in [1.165, 1.54) is 38.5 Å². The zero-order valence-electron chi connectivity index (χ0n) is 15.2. The van der Waals surface area contributed by atoms with Gasteiger partial charge in [0.2, 0.25) is 0 Å². The van der Waals surface area contributed by atoms with E-state index in [4.69, 9.17) is 0 Å². The maximum absolute atomic E-state index is 12.2. The summed E-state index contributed by atoms with van der Waals surface area (Å²) in [6.45, 7) is 6.80. The molecule has 4 aliphatic carbocycles. The van der Waals surface area contributed by atoms with E-state index in [0.29, 0.717) is 17.1 Å². The molecule has 0 aromatic rings. The van der Waals surface area contributed by atoms with Crippen LogP contribution in [0.1, 0.15) is 78.6 Å². The van der Waals surface area contributed by atoms with Crippen LogP contribution < -0.4 is 0 Å². The molecule has 0 bridgehead atoms. The van der Waals surface area contributed by atoms with Crippen molar-refractivity contribution in [2.24, 2.45) is 40.4 Å². The second kappa shape index (κ2) is 5.31. The first-order valence-electron chi connectivity index (χ1n) is 10.0. The number of hydrogen-bond donors (Lipinski definition) is 1. The number of rotatable bonds is 1. The molecule has 1 N–H and O–H groups in total. The van der Waals surface area contributed by atoms with Gasteiger partial charge in [0.25, 0.3) is 0 Å². The molecule has 0 saturated heterocycles.